The third-order valence-electron chi connectivity index (χ3n) is 1.34. The molecular weight excluding hydrogens is 120 g/mol. The number of amides is 1. The van der Waals surface area contributed by atoms with E-state index in [2.05, 4.69) is 5.43 Å². The minimum absolute atomic E-state index is 0.108. The highest BCUT2D eigenvalue weighted by atomic mass is 16.5. The van der Waals surface area contributed by atoms with E-state index < -0.39 is 0 Å². The summed E-state index contributed by atoms with van der Waals surface area (Å²) in [6.45, 7) is 1.40. The number of nitrogens with two attached hydrogens (primary N) is 1. The first-order valence-corrected chi connectivity index (χ1v) is 2.90. The maximum Gasteiger partial charge on any atom is 0.234 e. The second-order valence-corrected chi connectivity index (χ2v) is 2.18. The molecule has 1 saturated heterocycles. The van der Waals surface area contributed by atoms with Crippen LogP contribution in [0.2, 0.25) is 0 Å². The van der Waals surface area contributed by atoms with E-state index in [0.29, 0.717) is 25.6 Å². The molecule has 0 radical (unpaired) electrons. The van der Waals surface area contributed by atoms with Crippen LogP contribution in [0.4, 0.5) is 0 Å². The number of carbonyl (C=O) groups excluding carboxylic acids is 1. The summed E-state index contributed by atoms with van der Waals surface area (Å²) >= 11 is 0. The highest BCUT2D eigenvalue weighted by Gasteiger charge is 2.20. The lowest BCUT2D eigenvalue weighted by molar-refractivity contribution is -0.126. The highest BCUT2D eigenvalue weighted by Crippen LogP contribution is 2.13. The summed E-state index contributed by atoms with van der Waals surface area (Å²) in [7, 11) is 0. The van der Waals surface area contributed by atoms with Gasteiger partial charge >= 0.3 is 0 Å². The van der Waals surface area contributed by atoms with Gasteiger partial charge in [0.15, 0.2) is 0 Å². The quantitative estimate of drug-likeness (QED) is 0.286. The first-order chi connectivity index (χ1) is 4.33. The fraction of sp³-hybridized carbons (Fsp3) is 0.800. The molecule has 1 aliphatic heterocycles. The van der Waals surface area contributed by atoms with Gasteiger partial charge in [0.2, 0.25) is 5.91 Å². The minimum Gasteiger partial charge on any atom is -0.381 e. The lowest BCUT2D eigenvalue weighted by Crippen LogP contribution is -2.37. The molecule has 0 bridgehead atoms. The highest BCUT2D eigenvalue weighted by molar-refractivity contribution is 5.75. The summed E-state index contributed by atoms with van der Waals surface area (Å²) in [5.74, 6) is 5.15. The smallest absolute Gasteiger partial charge is 0.234 e. The molecule has 1 amide bonds. The SMILES string of the molecule is NNC(=O)CC1COC1. The summed E-state index contributed by atoms with van der Waals surface area (Å²) in [5, 5.41) is 0. The third kappa shape index (κ3) is 1.65. The van der Waals surface area contributed by atoms with Gasteiger partial charge in [-0.2, -0.15) is 0 Å². The number of ether oxygens (including phenoxy) is 1. The normalized spacial score (nSPS) is 18.8. The minimum atomic E-state index is -0.108. The molecule has 1 fully saturated rings. The van der Waals surface area contributed by atoms with Crippen LogP contribution >= 0.6 is 0 Å². The number of carbonyl (C=O) groups is 1. The third-order valence-corrected chi connectivity index (χ3v) is 1.34. The van der Waals surface area contributed by atoms with Crippen LogP contribution in [0.25, 0.3) is 0 Å². The molecule has 1 aliphatic rings. The second-order valence-electron chi connectivity index (χ2n) is 2.18. The van der Waals surface area contributed by atoms with Crippen molar-refractivity contribution in [2.24, 2.45) is 11.8 Å². The Hall–Kier alpha value is -0.610. The molecule has 4 nitrogen and oxygen atoms in total. The number of hydrogen-bond acceptors (Lipinski definition) is 3. The van der Waals surface area contributed by atoms with Gasteiger partial charge in [-0.1, -0.05) is 0 Å². The van der Waals surface area contributed by atoms with Gasteiger partial charge in [-0.05, 0) is 0 Å². The Labute approximate surface area is 53.3 Å². The van der Waals surface area contributed by atoms with E-state index >= 15 is 0 Å². The molecular formula is C5H10N2O2. The molecule has 4 heteroatoms. The molecule has 9 heavy (non-hydrogen) atoms. The molecule has 52 valence electrons. The van der Waals surface area contributed by atoms with Gasteiger partial charge in [-0.15, -0.1) is 0 Å². The number of hydrazine groups is 1. The monoisotopic (exact) mass is 130 g/mol. The molecule has 0 aromatic carbocycles. The van der Waals surface area contributed by atoms with Crippen LogP contribution < -0.4 is 11.3 Å². The molecule has 1 rings (SSSR count). The van der Waals surface area contributed by atoms with Crippen molar-refractivity contribution in [2.75, 3.05) is 13.2 Å². The summed E-state index contributed by atoms with van der Waals surface area (Å²) in [6, 6.07) is 0. The fourth-order valence-corrected chi connectivity index (χ4v) is 0.723. The zero-order valence-electron chi connectivity index (χ0n) is 5.09. The van der Waals surface area contributed by atoms with Crippen LogP contribution in [0.1, 0.15) is 6.42 Å². The zero-order chi connectivity index (χ0) is 6.69. The van der Waals surface area contributed by atoms with E-state index in [9.17, 15) is 4.79 Å². The van der Waals surface area contributed by atoms with Crippen LogP contribution in [0.15, 0.2) is 0 Å². The van der Waals surface area contributed by atoms with Crippen molar-refractivity contribution in [3.05, 3.63) is 0 Å². The van der Waals surface area contributed by atoms with E-state index in [4.69, 9.17) is 10.6 Å². The maximum absolute atomic E-state index is 10.5. The largest absolute Gasteiger partial charge is 0.381 e. The van der Waals surface area contributed by atoms with Crippen molar-refractivity contribution in [3.63, 3.8) is 0 Å². The summed E-state index contributed by atoms with van der Waals surface area (Å²) in [6.07, 6.45) is 0.497. The molecule has 3 N–H and O–H groups in total. The van der Waals surface area contributed by atoms with Crippen molar-refractivity contribution >= 4 is 5.91 Å². The Kier molecular flexibility index (Phi) is 2.02. The molecule has 0 aromatic heterocycles. The van der Waals surface area contributed by atoms with Gasteiger partial charge in [0, 0.05) is 12.3 Å². The second kappa shape index (κ2) is 2.80. The van der Waals surface area contributed by atoms with E-state index in [1.54, 1.807) is 0 Å². The van der Waals surface area contributed by atoms with Crippen LogP contribution in [0.3, 0.4) is 0 Å². The van der Waals surface area contributed by atoms with Gasteiger partial charge in [-0.3, -0.25) is 10.2 Å². The predicted molar refractivity (Wildman–Crippen MR) is 31.3 cm³/mol. The standard InChI is InChI=1S/C5H10N2O2/c6-7-5(8)1-4-2-9-3-4/h4H,1-3,6H2,(H,7,8). The van der Waals surface area contributed by atoms with Crippen molar-refractivity contribution in [1.82, 2.24) is 5.43 Å². The van der Waals surface area contributed by atoms with Crippen LogP contribution in [0.5, 0.6) is 0 Å². The van der Waals surface area contributed by atoms with Gasteiger partial charge < -0.3 is 4.74 Å². The molecule has 0 aliphatic carbocycles. The molecule has 0 atom stereocenters. The van der Waals surface area contributed by atoms with Crippen molar-refractivity contribution < 1.29 is 9.53 Å². The van der Waals surface area contributed by atoms with Gasteiger partial charge in [0.25, 0.3) is 0 Å². The first kappa shape index (κ1) is 6.51. The van der Waals surface area contributed by atoms with E-state index in [1.165, 1.54) is 0 Å². The molecule has 0 aromatic rings. The number of nitrogens with one attached hydrogen (secondary N) is 1. The molecule has 0 unspecified atom stereocenters. The first-order valence-electron chi connectivity index (χ1n) is 2.90. The topological polar surface area (TPSA) is 64.3 Å². The average molecular weight is 130 g/mol. The Bertz CT molecular complexity index is 112. The Morgan fingerprint density at radius 3 is 2.78 bits per heavy atom. The summed E-state index contributed by atoms with van der Waals surface area (Å²) in [4.78, 5) is 10.5. The van der Waals surface area contributed by atoms with Crippen LogP contribution in [-0.4, -0.2) is 19.1 Å². The summed E-state index contributed by atoms with van der Waals surface area (Å²) in [5.41, 5.74) is 2.07. The van der Waals surface area contributed by atoms with E-state index in [0.717, 1.165) is 0 Å². The molecule has 0 saturated carbocycles. The Balaban J connectivity index is 2.09. The molecule has 0 spiro atoms. The lowest BCUT2D eigenvalue weighted by atomic mass is 10.0. The Morgan fingerprint density at radius 1 is 1.78 bits per heavy atom. The van der Waals surface area contributed by atoms with Crippen molar-refractivity contribution in [1.29, 1.82) is 0 Å². The molecule has 1 heterocycles. The number of rotatable bonds is 2. The van der Waals surface area contributed by atoms with Crippen molar-refractivity contribution in [3.8, 4) is 0 Å². The Morgan fingerprint density at radius 2 is 2.44 bits per heavy atom. The maximum atomic E-state index is 10.5. The fourth-order valence-electron chi connectivity index (χ4n) is 0.723. The van der Waals surface area contributed by atoms with Gasteiger partial charge in [0.1, 0.15) is 0 Å². The zero-order valence-corrected chi connectivity index (χ0v) is 5.09. The predicted octanol–water partition coefficient (Wildman–Crippen LogP) is -0.987. The van der Waals surface area contributed by atoms with E-state index in [1.807, 2.05) is 0 Å². The lowest BCUT2D eigenvalue weighted by Gasteiger charge is -2.24. The van der Waals surface area contributed by atoms with Crippen LogP contribution in [0, 0.1) is 5.92 Å². The van der Waals surface area contributed by atoms with Crippen molar-refractivity contribution in [2.45, 2.75) is 6.42 Å². The van der Waals surface area contributed by atoms with Gasteiger partial charge in [0.05, 0.1) is 13.2 Å². The van der Waals surface area contributed by atoms with E-state index in [-0.39, 0.29) is 5.91 Å². The van der Waals surface area contributed by atoms with Gasteiger partial charge in [-0.25, -0.2) is 5.84 Å². The number of hydrogen-bond donors (Lipinski definition) is 2. The average Bonchev–Trinajstić information content (AvgIpc) is 1.78. The summed E-state index contributed by atoms with van der Waals surface area (Å²) < 4.78 is 4.86. The van der Waals surface area contributed by atoms with Crippen LogP contribution in [-0.2, 0) is 9.53 Å².